The van der Waals surface area contributed by atoms with Gasteiger partial charge < -0.3 is 9.47 Å². The first-order chi connectivity index (χ1) is 8.43. The molecule has 98 valence electrons. The summed E-state index contributed by atoms with van der Waals surface area (Å²) in [6.07, 6.45) is 5.17. The maximum absolute atomic E-state index is 11.6. The van der Waals surface area contributed by atoms with E-state index < -0.39 is 0 Å². The van der Waals surface area contributed by atoms with Crippen molar-refractivity contribution >= 4 is 12.0 Å². The average Bonchev–Trinajstić information content (AvgIpc) is 2.69. The van der Waals surface area contributed by atoms with E-state index in [4.69, 9.17) is 9.47 Å². The molecule has 0 radical (unpaired) electrons. The van der Waals surface area contributed by atoms with Gasteiger partial charge in [-0.2, -0.15) is 0 Å². The van der Waals surface area contributed by atoms with Crippen molar-refractivity contribution < 1.29 is 14.3 Å². The summed E-state index contributed by atoms with van der Waals surface area (Å²) in [6.45, 7) is 6.49. The number of carbonyl (C=O) groups excluding carboxylic acids is 1. The predicted octanol–water partition coefficient (Wildman–Crippen LogP) is 2.10. The second-order valence-electron chi connectivity index (χ2n) is 5.08. The number of hydrogen-bond donors (Lipinski definition) is 0. The fourth-order valence-electron chi connectivity index (χ4n) is 1.83. The molecule has 1 unspecified atom stereocenters. The number of nitrogens with zero attached hydrogens (tertiary/aromatic N) is 2. The predicted molar refractivity (Wildman–Crippen MR) is 68.4 cm³/mol. The summed E-state index contributed by atoms with van der Waals surface area (Å²) in [7, 11) is 1.37. The lowest BCUT2D eigenvalue weighted by molar-refractivity contribution is 0.134. The fraction of sp³-hybridized carbons (Fsp3) is 0.538. The summed E-state index contributed by atoms with van der Waals surface area (Å²) in [4.78, 5) is 17.6. The molecule has 1 atom stereocenters. The Hall–Kier alpha value is -1.78. The van der Waals surface area contributed by atoms with Crippen LogP contribution in [0.3, 0.4) is 0 Å². The third-order valence-electron chi connectivity index (χ3n) is 2.87. The molecule has 0 aromatic carbocycles. The molecule has 18 heavy (non-hydrogen) atoms. The molecule has 2 aliphatic heterocycles. The summed E-state index contributed by atoms with van der Waals surface area (Å²) in [6, 6.07) is -0.0313. The normalized spacial score (nSPS) is 25.3. The Bertz CT molecular complexity index is 449. The highest BCUT2D eigenvalue weighted by Crippen LogP contribution is 2.23. The van der Waals surface area contributed by atoms with Crippen LogP contribution in [0.15, 0.2) is 28.9 Å². The Morgan fingerprint density at radius 2 is 2.33 bits per heavy atom. The highest BCUT2D eigenvalue weighted by molar-refractivity contribution is 5.98. The topological polar surface area (TPSA) is 51.1 Å². The summed E-state index contributed by atoms with van der Waals surface area (Å²) < 4.78 is 10.3. The first-order valence-corrected chi connectivity index (χ1v) is 5.92. The van der Waals surface area contributed by atoms with Crippen LogP contribution in [0.2, 0.25) is 0 Å². The zero-order chi connectivity index (χ0) is 13.3. The van der Waals surface area contributed by atoms with Crippen molar-refractivity contribution in [1.29, 1.82) is 0 Å². The Labute approximate surface area is 107 Å². The summed E-state index contributed by atoms with van der Waals surface area (Å²) in [5, 5.41) is 0. The quantitative estimate of drug-likeness (QED) is 0.716. The maximum atomic E-state index is 11.6. The van der Waals surface area contributed by atoms with Gasteiger partial charge in [0, 0.05) is 6.20 Å². The summed E-state index contributed by atoms with van der Waals surface area (Å²) >= 11 is 0. The van der Waals surface area contributed by atoms with E-state index in [1.165, 1.54) is 12.0 Å². The van der Waals surface area contributed by atoms with Gasteiger partial charge in [0.2, 0.25) is 5.90 Å². The minimum atomic E-state index is -0.387. The van der Waals surface area contributed by atoms with Crippen molar-refractivity contribution in [1.82, 2.24) is 4.90 Å². The minimum absolute atomic E-state index is 0.0313. The SMILES string of the molecule is COC(=O)N1C=C(C2=NC(C)(C)CO2)C=CC1C. The molecule has 2 heterocycles. The number of hydrogen-bond acceptors (Lipinski definition) is 4. The second-order valence-corrected chi connectivity index (χ2v) is 5.08. The van der Waals surface area contributed by atoms with Gasteiger partial charge in [0.15, 0.2) is 0 Å². The number of carbonyl (C=O) groups is 1. The Morgan fingerprint density at radius 1 is 1.61 bits per heavy atom. The molecule has 0 saturated heterocycles. The zero-order valence-electron chi connectivity index (χ0n) is 11.1. The van der Waals surface area contributed by atoms with Crippen molar-refractivity contribution in [2.24, 2.45) is 4.99 Å². The van der Waals surface area contributed by atoms with E-state index in [1.54, 1.807) is 6.20 Å². The van der Waals surface area contributed by atoms with Crippen molar-refractivity contribution in [2.45, 2.75) is 32.4 Å². The van der Waals surface area contributed by atoms with Crippen LogP contribution in [0.25, 0.3) is 0 Å². The van der Waals surface area contributed by atoms with E-state index >= 15 is 0 Å². The third kappa shape index (κ3) is 2.39. The highest BCUT2D eigenvalue weighted by Gasteiger charge is 2.30. The molecule has 0 bridgehead atoms. The number of aliphatic imine (C=N–C) groups is 1. The standard InChI is InChI=1S/C13H18N2O3/c1-9-5-6-10(7-15(9)12(16)17-4)11-14-13(2,3)8-18-11/h5-7,9H,8H2,1-4H3. The van der Waals surface area contributed by atoms with Crippen molar-refractivity contribution in [3.63, 3.8) is 0 Å². The lowest BCUT2D eigenvalue weighted by atomic mass is 10.1. The Balaban J connectivity index is 2.24. The molecule has 2 aliphatic rings. The van der Waals surface area contributed by atoms with E-state index in [1.807, 2.05) is 32.9 Å². The average molecular weight is 250 g/mol. The highest BCUT2D eigenvalue weighted by atomic mass is 16.5. The van der Waals surface area contributed by atoms with Gasteiger partial charge in [0.25, 0.3) is 0 Å². The second kappa shape index (κ2) is 4.48. The van der Waals surface area contributed by atoms with Gasteiger partial charge in [-0.1, -0.05) is 12.2 Å². The van der Waals surface area contributed by atoms with Crippen LogP contribution in [0.4, 0.5) is 4.79 Å². The lowest BCUT2D eigenvalue weighted by Crippen LogP contribution is -2.35. The zero-order valence-corrected chi connectivity index (χ0v) is 11.1. The van der Waals surface area contributed by atoms with E-state index in [0.717, 1.165) is 5.57 Å². The molecule has 0 aromatic rings. The van der Waals surface area contributed by atoms with Crippen LogP contribution in [-0.4, -0.2) is 42.2 Å². The molecule has 0 N–H and O–H groups in total. The van der Waals surface area contributed by atoms with Gasteiger partial charge in [-0.05, 0) is 20.8 Å². The number of rotatable bonds is 1. The maximum Gasteiger partial charge on any atom is 0.414 e. The van der Waals surface area contributed by atoms with E-state index in [0.29, 0.717) is 12.5 Å². The van der Waals surface area contributed by atoms with Crippen LogP contribution < -0.4 is 0 Å². The van der Waals surface area contributed by atoms with E-state index in [2.05, 4.69) is 4.99 Å². The largest absolute Gasteiger partial charge is 0.475 e. The van der Waals surface area contributed by atoms with Gasteiger partial charge in [-0.15, -0.1) is 0 Å². The van der Waals surface area contributed by atoms with Crippen LogP contribution >= 0.6 is 0 Å². The molecule has 2 rings (SSSR count). The molecule has 0 aromatic heterocycles. The van der Waals surface area contributed by atoms with Gasteiger partial charge in [0.05, 0.1) is 24.3 Å². The Kier molecular flexibility index (Phi) is 3.15. The molecule has 0 aliphatic carbocycles. The van der Waals surface area contributed by atoms with Crippen molar-refractivity contribution in [3.8, 4) is 0 Å². The molecule has 0 spiro atoms. The van der Waals surface area contributed by atoms with Crippen LogP contribution in [0.5, 0.6) is 0 Å². The van der Waals surface area contributed by atoms with Gasteiger partial charge in [0.1, 0.15) is 6.61 Å². The van der Waals surface area contributed by atoms with Crippen LogP contribution in [0, 0.1) is 0 Å². The molecular formula is C13H18N2O3. The molecular weight excluding hydrogens is 232 g/mol. The molecule has 0 saturated carbocycles. The van der Waals surface area contributed by atoms with Gasteiger partial charge in [-0.3, -0.25) is 4.90 Å². The number of amides is 1. The Morgan fingerprint density at radius 3 is 2.89 bits per heavy atom. The summed E-state index contributed by atoms with van der Waals surface area (Å²) in [5.41, 5.74) is 0.590. The molecule has 0 fully saturated rings. The summed E-state index contributed by atoms with van der Waals surface area (Å²) in [5.74, 6) is 0.581. The van der Waals surface area contributed by atoms with E-state index in [9.17, 15) is 4.79 Å². The van der Waals surface area contributed by atoms with E-state index in [-0.39, 0.29) is 17.7 Å². The first kappa shape index (κ1) is 12.7. The molecule has 1 amide bonds. The van der Waals surface area contributed by atoms with Crippen molar-refractivity contribution in [2.75, 3.05) is 13.7 Å². The smallest absolute Gasteiger partial charge is 0.414 e. The third-order valence-corrected chi connectivity index (χ3v) is 2.87. The van der Waals surface area contributed by atoms with Crippen LogP contribution in [0.1, 0.15) is 20.8 Å². The van der Waals surface area contributed by atoms with Crippen LogP contribution in [-0.2, 0) is 9.47 Å². The van der Waals surface area contributed by atoms with Gasteiger partial charge in [-0.25, -0.2) is 9.79 Å². The van der Waals surface area contributed by atoms with Gasteiger partial charge >= 0.3 is 6.09 Å². The fourth-order valence-corrected chi connectivity index (χ4v) is 1.83. The molecule has 5 nitrogen and oxygen atoms in total. The first-order valence-electron chi connectivity index (χ1n) is 5.92. The van der Waals surface area contributed by atoms with Crippen molar-refractivity contribution in [3.05, 3.63) is 23.9 Å². The molecule has 5 heteroatoms. The lowest BCUT2D eigenvalue weighted by Gasteiger charge is -2.25. The minimum Gasteiger partial charge on any atom is -0.475 e. The monoisotopic (exact) mass is 250 g/mol. The number of methoxy groups -OCH3 is 1. The number of ether oxygens (including phenoxy) is 2.